The highest BCUT2D eigenvalue weighted by Gasteiger charge is 2.31. The van der Waals surface area contributed by atoms with Gasteiger partial charge in [0, 0.05) is 12.7 Å². The van der Waals surface area contributed by atoms with Crippen LogP contribution in [-0.4, -0.2) is 29.3 Å². The second-order valence-electron chi connectivity index (χ2n) is 8.06. The molecule has 0 spiro atoms. The van der Waals surface area contributed by atoms with E-state index in [2.05, 4.69) is 9.82 Å². The number of carboxylic acid groups (broad SMARTS) is 1. The van der Waals surface area contributed by atoms with Crippen molar-refractivity contribution in [1.29, 1.82) is 0 Å². The lowest BCUT2D eigenvalue weighted by Crippen LogP contribution is -2.12. The fourth-order valence-corrected chi connectivity index (χ4v) is 6.16. The van der Waals surface area contributed by atoms with Gasteiger partial charge in [-0.2, -0.15) is 5.10 Å². The quantitative estimate of drug-likeness (QED) is 0.396. The van der Waals surface area contributed by atoms with Crippen molar-refractivity contribution in [2.45, 2.75) is 24.7 Å². The number of anilines is 1. The van der Waals surface area contributed by atoms with Crippen LogP contribution >= 0.6 is 11.3 Å². The van der Waals surface area contributed by atoms with Crippen molar-refractivity contribution in [3.63, 3.8) is 0 Å². The van der Waals surface area contributed by atoms with Crippen LogP contribution in [0, 0.1) is 6.92 Å². The summed E-state index contributed by atoms with van der Waals surface area (Å²) in [4.78, 5) is 12.3. The Balaban J connectivity index is 1.43. The number of carboxylic acids is 1. The van der Waals surface area contributed by atoms with Gasteiger partial charge >= 0.3 is 5.97 Å². The topological polar surface area (TPSA) is 111 Å². The number of rotatable bonds is 6. The standard InChI is InChI=1S/C24H21N3O5S2/c1-14-3-10-18(11-4-14)34(30,31)26-16-6-8-17(9-7-16)32-24-20-19(22(33-24)23(28)29)12-5-15-13-25-27(2)21(15)20/h3-4,6-11,13,26H,5,12H2,1-2H3,(H,28,29). The Morgan fingerprint density at radius 3 is 2.50 bits per heavy atom. The molecule has 0 unspecified atom stereocenters. The maximum Gasteiger partial charge on any atom is 0.346 e. The van der Waals surface area contributed by atoms with Gasteiger partial charge in [-0.25, -0.2) is 13.2 Å². The minimum Gasteiger partial charge on any atom is -0.477 e. The van der Waals surface area contributed by atoms with Crippen LogP contribution in [0.3, 0.4) is 0 Å². The molecule has 10 heteroatoms. The molecule has 8 nitrogen and oxygen atoms in total. The minimum absolute atomic E-state index is 0.178. The summed E-state index contributed by atoms with van der Waals surface area (Å²) < 4.78 is 35.7. The van der Waals surface area contributed by atoms with Crippen molar-refractivity contribution in [1.82, 2.24) is 9.78 Å². The van der Waals surface area contributed by atoms with E-state index in [1.807, 2.05) is 14.0 Å². The zero-order valence-electron chi connectivity index (χ0n) is 18.4. The summed E-state index contributed by atoms with van der Waals surface area (Å²) in [6, 6.07) is 13.1. The Morgan fingerprint density at radius 2 is 1.82 bits per heavy atom. The molecule has 0 saturated carbocycles. The Labute approximate surface area is 200 Å². The average molecular weight is 496 g/mol. The summed E-state index contributed by atoms with van der Waals surface area (Å²) in [7, 11) is -1.89. The molecule has 2 aromatic heterocycles. The van der Waals surface area contributed by atoms with E-state index in [0.29, 0.717) is 22.9 Å². The number of hydrogen-bond donors (Lipinski definition) is 2. The van der Waals surface area contributed by atoms with Gasteiger partial charge in [0.05, 0.1) is 22.3 Å². The summed E-state index contributed by atoms with van der Waals surface area (Å²) in [6.45, 7) is 1.89. The summed E-state index contributed by atoms with van der Waals surface area (Å²) in [5.41, 5.74) is 4.79. The second-order valence-corrected chi connectivity index (χ2v) is 10.7. The number of thiophene rings is 1. The molecular formula is C24H21N3O5S2. The number of nitrogens with one attached hydrogen (secondary N) is 1. The molecule has 2 heterocycles. The van der Waals surface area contributed by atoms with Crippen molar-refractivity contribution in [2.24, 2.45) is 7.05 Å². The zero-order valence-corrected chi connectivity index (χ0v) is 20.0. The van der Waals surface area contributed by atoms with Crippen molar-refractivity contribution >= 4 is 33.0 Å². The van der Waals surface area contributed by atoms with Crippen molar-refractivity contribution in [3.05, 3.63) is 76.3 Å². The van der Waals surface area contributed by atoms with Crippen molar-refractivity contribution < 1.29 is 23.1 Å². The number of fused-ring (bicyclic) bond motifs is 3. The van der Waals surface area contributed by atoms with Crippen molar-refractivity contribution in [3.8, 4) is 22.1 Å². The molecule has 174 valence electrons. The smallest absolute Gasteiger partial charge is 0.346 e. The molecule has 0 fully saturated rings. The number of aromatic nitrogens is 2. The summed E-state index contributed by atoms with van der Waals surface area (Å²) >= 11 is 1.09. The fraction of sp³-hybridized carbons (Fsp3) is 0.167. The number of benzene rings is 2. The molecule has 2 N–H and O–H groups in total. The van der Waals surface area contributed by atoms with Gasteiger partial charge in [0.15, 0.2) is 5.06 Å². The van der Waals surface area contributed by atoms with Crippen LogP contribution in [0.15, 0.2) is 59.6 Å². The van der Waals surface area contributed by atoms with E-state index in [1.165, 1.54) is 0 Å². The van der Waals surface area contributed by atoms with Crippen LogP contribution in [-0.2, 0) is 29.9 Å². The normalized spacial score (nSPS) is 12.6. The monoisotopic (exact) mass is 495 g/mol. The first kappa shape index (κ1) is 22.2. The molecule has 0 saturated heterocycles. The van der Waals surface area contributed by atoms with Gasteiger partial charge in [-0.1, -0.05) is 29.0 Å². The number of hydrogen-bond acceptors (Lipinski definition) is 6. The van der Waals surface area contributed by atoms with Crippen LogP contribution in [0.1, 0.15) is 26.4 Å². The number of aromatic carboxylic acids is 1. The summed E-state index contributed by atoms with van der Waals surface area (Å²) in [5.74, 6) is -0.517. The van der Waals surface area contributed by atoms with Gasteiger partial charge in [0.1, 0.15) is 10.6 Å². The highest BCUT2D eigenvalue weighted by molar-refractivity contribution is 7.92. The number of carbonyl (C=O) groups is 1. The Morgan fingerprint density at radius 1 is 1.12 bits per heavy atom. The summed E-state index contributed by atoms with van der Waals surface area (Å²) in [6.07, 6.45) is 3.13. The van der Waals surface area contributed by atoms with Crippen LogP contribution in [0.4, 0.5) is 5.69 Å². The lowest BCUT2D eigenvalue weighted by atomic mass is 9.92. The largest absolute Gasteiger partial charge is 0.477 e. The van der Waals surface area contributed by atoms with E-state index in [-0.39, 0.29) is 9.77 Å². The Kier molecular flexibility index (Phi) is 5.41. The molecular weight excluding hydrogens is 474 g/mol. The molecule has 2 aromatic carbocycles. The third-order valence-electron chi connectivity index (χ3n) is 5.71. The van der Waals surface area contributed by atoms with Gasteiger partial charge in [-0.05, 0) is 67.3 Å². The van der Waals surface area contributed by atoms with Gasteiger partial charge in [0.25, 0.3) is 10.0 Å². The maximum absolute atomic E-state index is 12.6. The molecule has 1 aliphatic carbocycles. The Bertz CT molecular complexity index is 1500. The highest BCUT2D eigenvalue weighted by Crippen LogP contribution is 2.48. The molecule has 34 heavy (non-hydrogen) atoms. The molecule has 0 radical (unpaired) electrons. The zero-order chi connectivity index (χ0) is 24.0. The van der Waals surface area contributed by atoms with E-state index in [0.717, 1.165) is 45.7 Å². The second kappa shape index (κ2) is 8.30. The molecule has 0 atom stereocenters. The molecule has 0 amide bonds. The van der Waals surface area contributed by atoms with E-state index in [9.17, 15) is 18.3 Å². The number of sulfonamides is 1. The lowest BCUT2D eigenvalue weighted by molar-refractivity contribution is 0.0701. The van der Waals surface area contributed by atoms with Crippen LogP contribution in [0.5, 0.6) is 10.8 Å². The third-order valence-corrected chi connectivity index (χ3v) is 8.21. The highest BCUT2D eigenvalue weighted by atomic mass is 32.2. The number of nitrogens with zero attached hydrogens (tertiary/aromatic N) is 2. The van der Waals surface area contributed by atoms with Gasteiger partial charge in [-0.15, -0.1) is 0 Å². The first-order valence-electron chi connectivity index (χ1n) is 10.5. The van der Waals surface area contributed by atoms with Crippen LogP contribution in [0.2, 0.25) is 0 Å². The van der Waals surface area contributed by atoms with Crippen LogP contribution < -0.4 is 9.46 Å². The third kappa shape index (κ3) is 3.95. The Hall–Kier alpha value is -3.63. The predicted octanol–water partition coefficient (Wildman–Crippen LogP) is 4.85. The molecule has 0 bridgehead atoms. The summed E-state index contributed by atoms with van der Waals surface area (Å²) in [5, 5.41) is 14.5. The number of ether oxygens (including phenoxy) is 1. The first-order chi connectivity index (χ1) is 16.2. The van der Waals surface area contributed by atoms with Crippen LogP contribution in [0.25, 0.3) is 11.3 Å². The lowest BCUT2D eigenvalue weighted by Gasteiger charge is -2.16. The molecule has 0 aliphatic heterocycles. The van der Waals surface area contributed by atoms with Crippen molar-refractivity contribution in [2.75, 3.05) is 4.72 Å². The molecule has 1 aliphatic rings. The van der Waals surface area contributed by atoms with E-state index < -0.39 is 16.0 Å². The van der Waals surface area contributed by atoms with Gasteiger partial charge < -0.3 is 9.84 Å². The fourth-order valence-electron chi connectivity index (χ4n) is 4.04. The van der Waals surface area contributed by atoms with E-state index in [1.54, 1.807) is 59.4 Å². The van der Waals surface area contributed by atoms with E-state index in [4.69, 9.17) is 4.74 Å². The molecule has 5 rings (SSSR count). The van der Waals surface area contributed by atoms with E-state index >= 15 is 0 Å². The minimum atomic E-state index is -3.72. The predicted molar refractivity (Wildman–Crippen MR) is 129 cm³/mol. The maximum atomic E-state index is 12.6. The van der Waals surface area contributed by atoms with Gasteiger partial charge in [0.2, 0.25) is 0 Å². The first-order valence-corrected chi connectivity index (χ1v) is 12.8. The SMILES string of the molecule is Cc1ccc(S(=O)(=O)Nc2ccc(Oc3sc(C(=O)O)c4c3-c3c(cnn3C)CC4)cc2)cc1. The average Bonchev–Trinajstić information content (AvgIpc) is 3.36. The molecule has 4 aromatic rings. The number of aryl methyl sites for hydroxylation is 3. The van der Waals surface area contributed by atoms with Gasteiger partial charge in [-0.3, -0.25) is 9.40 Å².